The summed E-state index contributed by atoms with van der Waals surface area (Å²) in [5.41, 5.74) is 4.37. The molecule has 1 unspecified atom stereocenters. The van der Waals surface area contributed by atoms with Crippen molar-refractivity contribution in [2.24, 2.45) is 11.8 Å². The van der Waals surface area contributed by atoms with E-state index in [1.807, 2.05) is 142 Å². The Morgan fingerprint density at radius 2 is 0.883 bits per heavy atom. The van der Waals surface area contributed by atoms with Crippen LogP contribution in [0, 0.1) is 11.8 Å². The summed E-state index contributed by atoms with van der Waals surface area (Å²) in [5, 5.41) is 7.57. The molecule has 2 aliphatic heterocycles. The highest BCUT2D eigenvalue weighted by atomic mass is 16.6. The van der Waals surface area contributed by atoms with Gasteiger partial charge in [0.15, 0.2) is 0 Å². The first-order valence-corrected chi connectivity index (χ1v) is 19.7. The minimum Gasteiger partial charge on any atom is -0.469 e. The minimum absolute atomic E-state index is 0.0580. The van der Waals surface area contributed by atoms with E-state index in [0.717, 1.165) is 24.0 Å². The highest BCUT2D eigenvalue weighted by Crippen LogP contribution is 2.17. The van der Waals surface area contributed by atoms with E-state index in [9.17, 15) is 28.8 Å². The largest absolute Gasteiger partial charge is 0.469 e. The van der Waals surface area contributed by atoms with Crippen molar-refractivity contribution in [3.05, 3.63) is 144 Å². The number of carbonyl (C=O) groups is 6. The molecule has 0 aliphatic carbocycles. The number of carbonyl (C=O) groups excluding carboxylic acids is 6. The fourth-order valence-electron chi connectivity index (χ4n) is 5.73. The zero-order valence-corrected chi connectivity index (χ0v) is 35.5. The van der Waals surface area contributed by atoms with Gasteiger partial charge in [-0.15, -0.1) is 0 Å². The summed E-state index contributed by atoms with van der Waals surface area (Å²) in [4.78, 5) is 69.8. The number of aliphatic hydroxyl groups is 1. The maximum atomic E-state index is 11.3. The second kappa shape index (κ2) is 27.4. The molecule has 13 nitrogen and oxygen atoms in total. The van der Waals surface area contributed by atoms with Crippen LogP contribution in [0.1, 0.15) is 49.9 Å². The van der Waals surface area contributed by atoms with Gasteiger partial charge < -0.3 is 24.1 Å². The summed E-state index contributed by atoms with van der Waals surface area (Å²) in [6.45, 7) is 7.98. The Kier molecular flexibility index (Phi) is 22.7. The molecule has 0 radical (unpaired) electrons. The fraction of sp³-hybridized carbons (Fsp3) is 0.362. The molecule has 2 aliphatic rings. The van der Waals surface area contributed by atoms with Gasteiger partial charge in [0.2, 0.25) is 0 Å². The number of methoxy groups -OCH3 is 1. The molecule has 4 aromatic carbocycles. The number of esters is 4. The Morgan fingerprint density at radius 3 is 1.15 bits per heavy atom. The topological polar surface area (TPSA) is 166 Å². The van der Waals surface area contributed by atoms with Gasteiger partial charge >= 0.3 is 36.1 Å². The third-order valence-electron chi connectivity index (χ3n) is 9.04. The average molecular weight is 827 g/mol. The first-order valence-electron chi connectivity index (χ1n) is 19.7. The highest BCUT2D eigenvalue weighted by molar-refractivity contribution is 5.96. The summed E-state index contributed by atoms with van der Waals surface area (Å²) in [6.07, 6.45) is 1.36. The number of aliphatic hydroxyl groups excluding tert-OH is 1. The second-order valence-corrected chi connectivity index (χ2v) is 13.8. The van der Waals surface area contributed by atoms with Crippen LogP contribution in [0.25, 0.3) is 0 Å². The van der Waals surface area contributed by atoms with Gasteiger partial charge in [-0.3, -0.25) is 19.4 Å². The molecule has 6 rings (SSSR count). The number of nitrogens with zero attached hydrogens (tertiary/aromatic N) is 2. The van der Waals surface area contributed by atoms with Gasteiger partial charge in [0, 0.05) is 33.5 Å². The molecule has 4 aromatic rings. The molecule has 4 atom stereocenters. The van der Waals surface area contributed by atoms with Crippen LogP contribution in [0.3, 0.4) is 0 Å². The van der Waals surface area contributed by atoms with Crippen LogP contribution in [0.2, 0.25) is 0 Å². The molecule has 2 heterocycles. The van der Waals surface area contributed by atoms with Gasteiger partial charge in [-0.2, -0.15) is 0 Å². The zero-order chi connectivity index (χ0) is 44.5. The van der Waals surface area contributed by atoms with E-state index in [1.165, 1.54) is 28.0 Å². The van der Waals surface area contributed by atoms with Crippen LogP contribution < -0.4 is 0 Å². The number of benzene rings is 4. The quantitative estimate of drug-likeness (QED) is 0.0952. The van der Waals surface area contributed by atoms with Crippen LogP contribution in [0.15, 0.2) is 121 Å². The van der Waals surface area contributed by atoms with Crippen LogP contribution >= 0.6 is 0 Å². The number of likely N-dealkylation sites (N-methyl/N-ethyl adjacent to an activating group) is 2. The SMILES string of the molecule is CCO.CCOC(=O)[C@H](C)Cc1ccccc1.CN1C(=O)OC(=O)C1Cc1ccccc1.CN1C(=O)OC(=O)[C@@H]1Cc1ccccc1.COC(=O)[C@H](C)Cc1ccccc1. The van der Waals surface area contributed by atoms with Gasteiger partial charge in [0.25, 0.3) is 0 Å². The number of cyclic esters (lactones) is 4. The summed E-state index contributed by atoms with van der Waals surface area (Å²) in [6, 6.07) is 38.0. The average Bonchev–Trinajstić information content (AvgIpc) is 3.64. The van der Waals surface area contributed by atoms with Crippen molar-refractivity contribution < 1.29 is 52.8 Å². The minimum atomic E-state index is -0.569. The van der Waals surface area contributed by atoms with Gasteiger partial charge in [-0.05, 0) is 48.9 Å². The van der Waals surface area contributed by atoms with E-state index in [2.05, 4.69) is 14.2 Å². The predicted octanol–water partition coefficient (Wildman–Crippen LogP) is 6.88. The standard InChI is InChI=1S/C12H16O2.2C11H11NO3.C11H14O2.C2H6O/c1-3-14-12(13)10(2)9-11-7-5-4-6-8-11;2*1-12-9(10(13)15-11(12)14)7-8-5-3-2-4-6-8;1-9(11(12)13-2)8-10-6-4-3-5-7-10;1-2-3/h4-8,10H,3,9H2,1-2H3;2*2-6,9H,7H2,1H3;3-7,9H,8H2,1-2H3;3H,2H2,1H3/t10-;9-;;9-;/m10.1./s1. The van der Waals surface area contributed by atoms with Crippen LogP contribution in [0.4, 0.5) is 9.59 Å². The van der Waals surface area contributed by atoms with Gasteiger partial charge in [-0.1, -0.05) is 135 Å². The van der Waals surface area contributed by atoms with Gasteiger partial charge in [0.05, 0.1) is 25.6 Å². The monoisotopic (exact) mass is 826 g/mol. The lowest BCUT2D eigenvalue weighted by Gasteiger charge is -2.13. The Labute approximate surface area is 353 Å². The maximum Gasteiger partial charge on any atom is 0.418 e. The smallest absolute Gasteiger partial charge is 0.418 e. The van der Waals surface area contributed by atoms with Crippen molar-refractivity contribution in [2.75, 3.05) is 34.4 Å². The van der Waals surface area contributed by atoms with Crippen LogP contribution in [0.5, 0.6) is 0 Å². The summed E-state index contributed by atoms with van der Waals surface area (Å²) >= 11 is 0. The lowest BCUT2D eigenvalue weighted by atomic mass is 10.0. The molecule has 2 fully saturated rings. The van der Waals surface area contributed by atoms with Gasteiger partial charge in [0.1, 0.15) is 12.1 Å². The Bertz CT molecular complexity index is 1820. The van der Waals surface area contributed by atoms with Crippen molar-refractivity contribution in [3.63, 3.8) is 0 Å². The van der Waals surface area contributed by atoms with Crippen molar-refractivity contribution in [3.8, 4) is 0 Å². The summed E-state index contributed by atoms with van der Waals surface area (Å²) < 4.78 is 18.6. The number of rotatable bonds is 11. The molecule has 2 saturated heterocycles. The lowest BCUT2D eigenvalue weighted by molar-refractivity contribution is -0.147. The van der Waals surface area contributed by atoms with Crippen molar-refractivity contribution >= 4 is 36.1 Å². The van der Waals surface area contributed by atoms with Gasteiger partial charge in [-0.25, -0.2) is 19.2 Å². The van der Waals surface area contributed by atoms with Crippen molar-refractivity contribution in [1.82, 2.24) is 9.80 Å². The molecule has 0 saturated carbocycles. The molecular formula is C47H58N2O11. The Morgan fingerprint density at radius 1 is 0.583 bits per heavy atom. The maximum absolute atomic E-state index is 11.3. The van der Waals surface area contributed by atoms with E-state index in [0.29, 0.717) is 19.4 Å². The molecule has 0 aromatic heterocycles. The normalized spacial score (nSPS) is 16.1. The number of amides is 2. The summed E-state index contributed by atoms with van der Waals surface area (Å²) in [7, 11) is 4.56. The molecule has 0 bridgehead atoms. The van der Waals surface area contributed by atoms with E-state index in [1.54, 1.807) is 21.0 Å². The third kappa shape index (κ3) is 17.7. The second-order valence-electron chi connectivity index (χ2n) is 13.8. The van der Waals surface area contributed by atoms with E-state index >= 15 is 0 Å². The number of ether oxygens (including phenoxy) is 4. The highest BCUT2D eigenvalue weighted by Gasteiger charge is 2.39. The first-order chi connectivity index (χ1) is 28.8. The molecule has 1 N–H and O–H groups in total. The number of hydrogen-bond acceptors (Lipinski definition) is 11. The van der Waals surface area contributed by atoms with Crippen molar-refractivity contribution in [1.29, 1.82) is 0 Å². The Balaban J connectivity index is 0.000000270. The van der Waals surface area contributed by atoms with Crippen LogP contribution in [-0.4, -0.2) is 97.5 Å². The predicted molar refractivity (Wildman–Crippen MR) is 226 cm³/mol. The van der Waals surface area contributed by atoms with Crippen molar-refractivity contribution in [2.45, 2.75) is 65.5 Å². The van der Waals surface area contributed by atoms with E-state index < -0.39 is 36.2 Å². The third-order valence-corrected chi connectivity index (χ3v) is 9.04. The fourth-order valence-corrected chi connectivity index (χ4v) is 5.73. The molecule has 0 spiro atoms. The van der Waals surface area contributed by atoms with E-state index in [-0.39, 0.29) is 30.4 Å². The van der Waals surface area contributed by atoms with Crippen LogP contribution in [-0.2, 0) is 63.8 Å². The molecule has 2 amide bonds. The Hall–Kier alpha value is -6.34. The summed E-state index contributed by atoms with van der Waals surface area (Å²) in [5.74, 6) is -1.32. The van der Waals surface area contributed by atoms with E-state index in [4.69, 9.17) is 9.84 Å². The molecule has 60 heavy (non-hydrogen) atoms. The lowest BCUT2D eigenvalue weighted by Crippen LogP contribution is -2.33. The number of hydrogen-bond donors (Lipinski definition) is 1. The zero-order valence-electron chi connectivity index (χ0n) is 35.5. The first kappa shape index (κ1) is 49.8. The molecule has 322 valence electrons. The molecular weight excluding hydrogens is 769 g/mol. The molecule has 13 heteroatoms.